The van der Waals surface area contributed by atoms with Gasteiger partial charge in [0, 0.05) is 13.1 Å². The first kappa shape index (κ1) is 16.0. The van der Waals surface area contributed by atoms with Gasteiger partial charge >= 0.3 is 4.87 Å². The summed E-state index contributed by atoms with van der Waals surface area (Å²) >= 11 is 1.31. The third kappa shape index (κ3) is 3.89. The fourth-order valence-electron chi connectivity index (χ4n) is 2.83. The second-order valence-electron chi connectivity index (χ2n) is 6.05. The van der Waals surface area contributed by atoms with E-state index in [1.807, 2.05) is 19.2 Å². The molecular weight excluding hydrogens is 304 g/mol. The van der Waals surface area contributed by atoms with Gasteiger partial charge < -0.3 is 10.3 Å². The van der Waals surface area contributed by atoms with Crippen LogP contribution in [-0.4, -0.2) is 10.6 Å². The quantitative estimate of drug-likeness (QED) is 0.754. The average molecular weight is 326 g/mol. The lowest BCUT2D eigenvalue weighted by molar-refractivity contribution is 0.569. The Morgan fingerprint density at radius 3 is 2.48 bits per heavy atom. The summed E-state index contributed by atoms with van der Waals surface area (Å²) in [5.74, 6) is 0. The molecule has 2 N–H and O–H groups in total. The zero-order chi connectivity index (χ0) is 16.2. The molecule has 23 heavy (non-hydrogen) atoms. The van der Waals surface area contributed by atoms with Crippen LogP contribution < -0.4 is 10.6 Å². The summed E-state index contributed by atoms with van der Waals surface area (Å²) < 4.78 is 2.77. The summed E-state index contributed by atoms with van der Waals surface area (Å²) in [6, 6.07) is 17.0. The molecule has 1 unspecified atom stereocenters. The minimum absolute atomic E-state index is 0.0942. The molecule has 0 saturated carbocycles. The van der Waals surface area contributed by atoms with Crippen LogP contribution >= 0.6 is 11.3 Å². The van der Waals surface area contributed by atoms with E-state index >= 15 is 0 Å². The first-order valence-corrected chi connectivity index (χ1v) is 8.83. The van der Waals surface area contributed by atoms with Gasteiger partial charge in [0.25, 0.3) is 0 Å². The van der Waals surface area contributed by atoms with Gasteiger partial charge in [-0.3, -0.25) is 4.79 Å². The van der Waals surface area contributed by atoms with Crippen molar-refractivity contribution in [2.75, 3.05) is 0 Å². The fourth-order valence-corrected chi connectivity index (χ4v) is 3.77. The highest BCUT2D eigenvalue weighted by atomic mass is 32.1. The number of hydrogen-bond donors (Lipinski definition) is 1. The maximum absolute atomic E-state index is 11.7. The van der Waals surface area contributed by atoms with E-state index in [1.54, 1.807) is 4.57 Å². The molecule has 0 radical (unpaired) electrons. The molecule has 1 aromatic heterocycles. The van der Waals surface area contributed by atoms with Crippen LogP contribution in [-0.2, 0) is 19.9 Å². The van der Waals surface area contributed by atoms with E-state index in [0.29, 0.717) is 0 Å². The number of nitrogens with two attached hydrogens (primary N) is 1. The van der Waals surface area contributed by atoms with E-state index in [4.69, 9.17) is 5.73 Å². The average Bonchev–Trinajstić information content (AvgIpc) is 2.86. The molecule has 1 atom stereocenters. The Kier molecular flexibility index (Phi) is 4.94. The lowest BCUT2D eigenvalue weighted by Gasteiger charge is -2.11. The molecule has 0 aliphatic heterocycles. The van der Waals surface area contributed by atoms with Crippen LogP contribution in [0.5, 0.6) is 0 Å². The molecule has 3 nitrogen and oxygen atoms in total. The molecule has 0 bridgehead atoms. The summed E-state index contributed by atoms with van der Waals surface area (Å²) in [6.45, 7) is 0. The van der Waals surface area contributed by atoms with Gasteiger partial charge in [0.05, 0.1) is 10.2 Å². The molecule has 1 heterocycles. The van der Waals surface area contributed by atoms with Gasteiger partial charge in [0.15, 0.2) is 0 Å². The molecule has 2 aromatic carbocycles. The molecule has 0 saturated heterocycles. The molecule has 0 aliphatic carbocycles. The highest BCUT2D eigenvalue weighted by Crippen LogP contribution is 2.19. The topological polar surface area (TPSA) is 48.0 Å². The Morgan fingerprint density at radius 2 is 1.74 bits per heavy atom. The molecule has 0 aliphatic rings. The van der Waals surface area contributed by atoms with E-state index in [-0.39, 0.29) is 10.9 Å². The van der Waals surface area contributed by atoms with Gasteiger partial charge in [-0.25, -0.2) is 0 Å². The summed E-state index contributed by atoms with van der Waals surface area (Å²) in [7, 11) is 1.82. The molecule has 3 aromatic rings. The van der Waals surface area contributed by atoms with Crippen LogP contribution in [0.1, 0.15) is 24.0 Å². The number of aromatic nitrogens is 1. The van der Waals surface area contributed by atoms with E-state index in [1.165, 1.54) is 22.5 Å². The largest absolute Gasteiger partial charge is 0.328 e. The van der Waals surface area contributed by atoms with Gasteiger partial charge in [-0.15, -0.1) is 0 Å². The highest BCUT2D eigenvalue weighted by molar-refractivity contribution is 7.16. The standard InChI is InChI=1S/C19H22N2OS/c1-21-17-12-9-15(13-18(17)23-19(21)22)8-11-16(20)10-7-14-5-3-2-4-6-14/h2-6,9,12-13,16H,7-8,10-11,20H2,1H3. The molecule has 0 fully saturated rings. The van der Waals surface area contributed by atoms with Gasteiger partial charge in [0.2, 0.25) is 0 Å². The smallest absolute Gasteiger partial charge is 0.307 e. The molecule has 0 amide bonds. The number of benzene rings is 2. The molecular formula is C19H22N2OS. The summed E-state index contributed by atoms with van der Waals surface area (Å²) in [6.07, 6.45) is 3.97. The Labute approximate surface area is 140 Å². The van der Waals surface area contributed by atoms with Crippen LogP contribution in [0.15, 0.2) is 53.3 Å². The minimum Gasteiger partial charge on any atom is -0.328 e. The predicted octanol–water partition coefficient (Wildman–Crippen LogP) is 3.49. The van der Waals surface area contributed by atoms with Crippen molar-refractivity contribution in [3.63, 3.8) is 0 Å². The normalized spacial score (nSPS) is 12.6. The van der Waals surface area contributed by atoms with Crippen LogP contribution in [0, 0.1) is 0 Å². The molecule has 0 spiro atoms. The van der Waals surface area contributed by atoms with Crippen molar-refractivity contribution in [1.29, 1.82) is 0 Å². The number of aryl methyl sites for hydroxylation is 3. The lowest BCUT2D eigenvalue weighted by atomic mass is 10.00. The number of hydrogen-bond acceptors (Lipinski definition) is 3. The lowest BCUT2D eigenvalue weighted by Crippen LogP contribution is -2.21. The zero-order valence-electron chi connectivity index (χ0n) is 13.4. The first-order chi connectivity index (χ1) is 11.1. The second-order valence-corrected chi connectivity index (χ2v) is 7.05. The monoisotopic (exact) mass is 326 g/mol. The maximum atomic E-state index is 11.7. The number of nitrogens with zero attached hydrogens (tertiary/aromatic N) is 1. The van der Waals surface area contributed by atoms with Crippen molar-refractivity contribution in [2.24, 2.45) is 12.8 Å². The van der Waals surface area contributed by atoms with Crippen LogP contribution in [0.4, 0.5) is 0 Å². The molecule has 120 valence electrons. The van der Waals surface area contributed by atoms with Gasteiger partial charge in [-0.1, -0.05) is 47.7 Å². The maximum Gasteiger partial charge on any atom is 0.307 e. The van der Waals surface area contributed by atoms with Crippen molar-refractivity contribution in [1.82, 2.24) is 4.57 Å². The highest BCUT2D eigenvalue weighted by Gasteiger charge is 2.07. The molecule has 3 rings (SSSR count). The van der Waals surface area contributed by atoms with Crippen molar-refractivity contribution in [3.8, 4) is 0 Å². The van der Waals surface area contributed by atoms with Gasteiger partial charge in [-0.05, 0) is 48.9 Å². The van der Waals surface area contributed by atoms with Gasteiger partial charge in [-0.2, -0.15) is 0 Å². The Morgan fingerprint density at radius 1 is 1.04 bits per heavy atom. The minimum atomic E-state index is 0.0942. The Balaban J connectivity index is 1.56. The molecule has 4 heteroatoms. The Hall–Kier alpha value is -1.91. The van der Waals surface area contributed by atoms with Crippen LogP contribution in [0.2, 0.25) is 0 Å². The van der Waals surface area contributed by atoms with Crippen LogP contribution in [0.3, 0.4) is 0 Å². The van der Waals surface area contributed by atoms with E-state index in [0.717, 1.165) is 35.9 Å². The number of rotatable bonds is 6. The Bertz CT molecular complexity index is 835. The third-order valence-electron chi connectivity index (χ3n) is 4.31. The second kappa shape index (κ2) is 7.11. The first-order valence-electron chi connectivity index (χ1n) is 8.01. The van der Waals surface area contributed by atoms with Crippen molar-refractivity contribution >= 4 is 21.6 Å². The zero-order valence-corrected chi connectivity index (χ0v) is 14.2. The third-order valence-corrected chi connectivity index (χ3v) is 5.30. The van der Waals surface area contributed by atoms with Crippen molar-refractivity contribution in [3.05, 3.63) is 69.3 Å². The number of fused-ring (bicyclic) bond motifs is 1. The summed E-state index contributed by atoms with van der Waals surface area (Å²) in [5.41, 5.74) is 9.87. The van der Waals surface area contributed by atoms with Crippen LogP contribution in [0.25, 0.3) is 10.2 Å². The van der Waals surface area contributed by atoms with Crippen molar-refractivity contribution < 1.29 is 0 Å². The summed E-state index contributed by atoms with van der Waals surface area (Å²) in [4.78, 5) is 11.8. The SMILES string of the molecule is Cn1c(=O)sc2cc(CCC(N)CCc3ccccc3)ccc21. The summed E-state index contributed by atoms with van der Waals surface area (Å²) in [5, 5.41) is 0. The van der Waals surface area contributed by atoms with Crippen molar-refractivity contribution in [2.45, 2.75) is 31.7 Å². The van der Waals surface area contributed by atoms with Gasteiger partial charge in [0.1, 0.15) is 0 Å². The van der Waals surface area contributed by atoms with E-state index < -0.39 is 0 Å². The van der Waals surface area contributed by atoms with E-state index in [2.05, 4.69) is 36.4 Å². The predicted molar refractivity (Wildman–Crippen MR) is 98.1 cm³/mol. The number of thiazole rings is 1. The fraction of sp³-hybridized carbons (Fsp3) is 0.316. The van der Waals surface area contributed by atoms with E-state index in [9.17, 15) is 4.79 Å².